The number of hydrogen-bond donors (Lipinski definition) is 2. The van der Waals surface area contributed by atoms with Crippen LogP contribution in [0.2, 0.25) is 10.0 Å². The topological polar surface area (TPSA) is 58.6 Å². The molecule has 2 N–H and O–H groups in total. The zero-order chi connectivity index (χ0) is 15.3. The molecular formula is C14H19Cl2NO3. The molecule has 0 atom stereocenters. The van der Waals surface area contributed by atoms with Gasteiger partial charge < -0.3 is 15.2 Å². The molecule has 6 heteroatoms. The van der Waals surface area contributed by atoms with Gasteiger partial charge in [0.2, 0.25) is 0 Å². The second-order valence-corrected chi connectivity index (χ2v) is 6.52. The van der Waals surface area contributed by atoms with E-state index in [4.69, 9.17) is 33.0 Å². The molecule has 4 nitrogen and oxygen atoms in total. The molecule has 0 radical (unpaired) electrons. The molecule has 112 valence electrons. The number of rotatable bonds is 5. The number of amides is 1. The molecule has 0 aliphatic carbocycles. The first kappa shape index (κ1) is 16.9. The Labute approximate surface area is 129 Å². The molecule has 0 bridgehead atoms. The van der Waals surface area contributed by atoms with Crippen LogP contribution in [0, 0.1) is 5.41 Å². The Balaban J connectivity index is 2.71. The maximum atomic E-state index is 10.4. The summed E-state index contributed by atoms with van der Waals surface area (Å²) in [6.45, 7) is 7.05. The number of carboxylic acid groups (broad SMARTS) is 1. The number of halogens is 2. The smallest absolute Gasteiger partial charge is 0.404 e. The van der Waals surface area contributed by atoms with Crippen molar-refractivity contribution in [3.63, 3.8) is 0 Å². The molecule has 0 spiro atoms. The van der Waals surface area contributed by atoms with Crippen LogP contribution in [0.3, 0.4) is 0 Å². The van der Waals surface area contributed by atoms with Crippen LogP contribution in [-0.2, 0) is 6.54 Å². The highest BCUT2D eigenvalue weighted by molar-refractivity contribution is 6.37. The predicted molar refractivity (Wildman–Crippen MR) is 80.9 cm³/mol. The van der Waals surface area contributed by atoms with Crippen molar-refractivity contribution in [3.05, 3.63) is 27.7 Å². The highest BCUT2D eigenvalue weighted by atomic mass is 35.5. The van der Waals surface area contributed by atoms with Crippen LogP contribution in [0.5, 0.6) is 5.75 Å². The van der Waals surface area contributed by atoms with E-state index in [9.17, 15) is 4.79 Å². The Kier molecular flexibility index (Phi) is 5.96. The SMILES string of the molecule is CC(C)(C)CCOc1c(Cl)cc(CNC(=O)O)cc1Cl. The first-order valence-electron chi connectivity index (χ1n) is 6.26. The van der Waals surface area contributed by atoms with E-state index < -0.39 is 6.09 Å². The number of hydrogen-bond acceptors (Lipinski definition) is 2. The van der Waals surface area contributed by atoms with Gasteiger partial charge in [-0.05, 0) is 29.5 Å². The molecule has 20 heavy (non-hydrogen) atoms. The molecule has 0 aromatic heterocycles. The minimum atomic E-state index is -1.09. The van der Waals surface area contributed by atoms with Gasteiger partial charge in [-0.15, -0.1) is 0 Å². The van der Waals surface area contributed by atoms with Crippen molar-refractivity contribution in [1.29, 1.82) is 0 Å². The summed E-state index contributed by atoms with van der Waals surface area (Å²) < 4.78 is 5.62. The lowest BCUT2D eigenvalue weighted by Crippen LogP contribution is -2.19. The van der Waals surface area contributed by atoms with Crippen molar-refractivity contribution >= 4 is 29.3 Å². The minimum absolute atomic E-state index is 0.150. The van der Waals surface area contributed by atoms with Crippen LogP contribution in [0.4, 0.5) is 4.79 Å². The average molecular weight is 320 g/mol. The van der Waals surface area contributed by atoms with Crippen LogP contribution >= 0.6 is 23.2 Å². The Hall–Kier alpha value is -1.13. The molecule has 0 fully saturated rings. The van der Waals surface area contributed by atoms with Gasteiger partial charge in [0, 0.05) is 6.54 Å². The molecule has 0 heterocycles. The lowest BCUT2D eigenvalue weighted by molar-refractivity contribution is 0.194. The molecule has 1 rings (SSSR count). The second-order valence-electron chi connectivity index (χ2n) is 5.71. The van der Waals surface area contributed by atoms with Crippen molar-refractivity contribution in [2.45, 2.75) is 33.7 Å². The van der Waals surface area contributed by atoms with Crippen molar-refractivity contribution in [3.8, 4) is 5.75 Å². The summed E-state index contributed by atoms with van der Waals surface area (Å²) in [6, 6.07) is 3.30. The maximum Gasteiger partial charge on any atom is 0.404 e. The van der Waals surface area contributed by atoms with E-state index in [0.717, 1.165) is 6.42 Å². The highest BCUT2D eigenvalue weighted by Gasteiger charge is 2.13. The largest absolute Gasteiger partial charge is 0.490 e. The summed E-state index contributed by atoms with van der Waals surface area (Å²) in [5.74, 6) is 0.441. The van der Waals surface area contributed by atoms with E-state index in [1.165, 1.54) is 0 Å². The molecule has 1 amide bonds. The van der Waals surface area contributed by atoms with Gasteiger partial charge >= 0.3 is 6.09 Å². The molecule has 0 aliphatic heterocycles. The summed E-state index contributed by atoms with van der Waals surface area (Å²) in [5.41, 5.74) is 0.857. The fourth-order valence-electron chi connectivity index (χ4n) is 1.49. The Morgan fingerprint density at radius 3 is 2.30 bits per heavy atom. The standard InChI is InChI=1S/C14H19Cl2NO3/c1-14(2,3)4-5-20-12-10(15)6-9(7-11(12)16)8-17-13(18)19/h6-7,17H,4-5,8H2,1-3H3,(H,18,19). The minimum Gasteiger partial charge on any atom is -0.490 e. The van der Waals surface area contributed by atoms with E-state index in [1.54, 1.807) is 12.1 Å². The average Bonchev–Trinajstić information content (AvgIpc) is 2.28. The molecule has 0 unspecified atom stereocenters. The monoisotopic (exact) mass is 319 g/mol. The Morgan fingerprint density at radius 2 is 1.85 bits per heavy atom. The third-order valence-corrected chi connectivity index (χ3v) is 3.16. The maximum absolute atomic E-state index is 10.4. The quantitative estimate of drug-likeness (QED) is 0.835. The Bertz CT molecular complexity index is 461. The van der Waals surface area contributed by atoms with E-state index in [2.05, 4.69) is 26.1 Å². The summed E-state index contributed by atoms with van der Waals surface area (Å²) in [5, 5.41) is 11.6. The summed E-state index contributed by atoms with van der Waals surface area (Å²) in [7, 11) is 0. The zero-order valence-corrected chi connectivity index (χ0v) is 13.3. The molecule has 1 aromatic carbocycles. The third-order valence-electron chi connectivity index (χ3n) is 2.60. The van der Waals surface area contributed by atoms with Gasteiger partial charge in [-0.2, -0.15) is 0 Å². The number of benzene rings is 1. The van der Waals surface area contributed by atoms with Gasteiger partial charge in [0.25, 0.3) is 0 Å². The molecule has 0 aliphatic rings. The van der Waals surface area contributed by atoms with Crippen molar-refractivity contribution in [1.82, 2.24) is 5.32 Å². The fourth-order valence-corrected chi connectivity index (χ4v) is 2.13. The summed E-state index contributed by atoms with van der Waals surface area (Å²) in [4.78, 5) is 10.4. The molecular weight excluding hydrogens is 301 g/mol. The summed E-state index contributed by atoms with van der Waals surface area (Å²) in [6.07, 6.45) is -0.218. The van der Waals surface area contributed by atoms with Gasteiger partial charge in [-0.1, -0.05) is 44.0 Å². The number of ether oxygens (including phenoxy) is 1. The predicted octanol–water partition coefficient (Wildman–Crippen LogP) is 4.58. The normalized spacial score (nSPS) is 11.2. The van der Waals surface area contributed by atoms with E-state index in [1.807, 2.05) is 0 Å². The van der Waals surface area contributed by atoms with Crippen LogP contribution in [0.25, 0.3) is 0 Å². The molecule has 0 saturated carbocycles. The Morgan fingerprint density at radius 1 is 1.30 bits per heavy atom. The van der Waals surface area contributed by atoms with Crippen molar-refractivity contribution in [2.75, 3.05) is 6.61 Å². The van der Waals surface area contributed by atoms with Gasteiger partial charge in [0.1, 0.15) is 0 Å². The third kappa shape index (κ3) is 5.88. The van der Waals surface area contributed by atoms with Crippen molar-refractivity contribution in [2.24, 2.45) is 5.41 Å². The zero-order valence-electron chi connectivity index (χ0n) is 11.8. The summed E-state index contributed by atoms with van der Waals surface area (Å²) >= 11 is 12.2. The molecule has 0 saturated heterocycles. The lowest BCUT2D eigenvalue weighted by Gasteiger charge is -2.19. The number of nitrogens with one attached hydrogen (secondary N) is 1. The van der Waals surface area contributed by atoms with Gasteiger partial charge in [0.05, 0.1) is 16.7 Å². The van der Waals surface area contributed by atoms with Crippen LogP contribution in [-0.4, -0.2) is 17.8 Å². The highest BCUT2D eigenvalue weighted by Crippen LogP contribution is 2.34. The fraction of sp³-hybridized carbons (Fsp3) is 0.500. The first-order chi connectivity index (χ1) is 9.19. The lowest BCUT2D eigenvalue weighted by atomic mass is 9.93. The van der Waals surface area contributed by atoms with Gasteiger partial charge in [-0.3, -0.25) is 0 Å². The second kappa shape index (κ2) is 7.04. The number of carbonyl (C=O) groups is 1. The van der Waals surface area contributed by atoms with Gasteiger partial charge in [0.15, 0.2) is 5.75 Å². The van der Waals surface area contributed by atoms with E-state index in [-0.39, 0.29) is 12.0 Å². The first-order valence-corrected chi connectivity index (χ1v) is 7.02. The van der Waals surface area contributed by atoms with Gasteiger partial charge in [-0.25, -0.2) is 4.79 Å². The van der Waals surface area contributed by atoms with Crippen LogP contribution < -0.4 is 10.1 Å². The van der Waals surface area contributed by atoms with Crippen LogP contribution in [0.15, 0.2) is 12.1 Å². The molecule has 1 aromatic rings. The van der Waals surface area contributed by atoms with Crippen LogP contribution in [0.1, 0.15) is 32.8 Å². The van der Waals surface area contributed by atoms with E-state index >= 15 is 0 Å². The van der Waals surface area contributed by atoms with Crippen molar-refractivity contribution < 1.29 is 14.6 Å². The van der Waals surface area contributed by atoms with E-state index in [0.29, 0.717) is 28.0 Å².